The number of carbonyl (C=O) groups is 1. The number of methoxy groups -OCH3 is 1. The summed E-state index contributed by atoms with van der Waals surface area (Å²) >= 11 is 0. The van der Waals surface area contributed by atoms with Crippen LogP contribution < -0.4 is 15.4 Å². The quantitative estimate of drug-likeness (QED) is 0.434. The van der Waals surface area contributed by atoms with Gasteiger partial charge in [0, 0.05) is 18.8 Å². The lowest BCUT2D eigenvalue weighted by Gasteiger charge is -2.09. The number of aliphatic hydroxyl groups excluding tert-OH is 1. The van der Waals surface area contributed by atoms with Crippen LogP contribution in [0.25, 0.3) is 11.3 Å². The fourth-order valence-electron chi connectivity index (χ4n) is 2.90. The number of aryl methyl sites for hydroxylation is 1. The summed E-state index contributed by atoms with van der Waals surface area (Å²) in [4.78, 5) is 14.9. The highest BCUT2D eigenvalue weighted by Gasteiger charge is 2.13. The SMILES string of the molecule is COc1ccc(CCCO)cc1-c1cnc(Nc2cccc(CNC(=O)O)c2)o1. The fourth-order valence-corrected chi connectivity index (χ4v) is 2.90. The Morgan fingerprint density at radius 2 is 2.07 bits per heavy atom. The van der Waals surface area contributed by atoms with Crippen LogP contribution in [0.4, 0.5) is 16.5 Å². The molecule has 1 amide bonds. The molecule has 1 aromatic heterocycles. The molecule has 8 heteroatoms. The first-order valence-corrected chi connectivity index (χ1v) is 9.16. The van der Waals surface area contributed by atoms with E-state index in [0.29, 0.717) is 23.9 Å². The molecule has 152 valence electrons. The van der Waals surface area contributed by atoms with Crippen molar-refractivity contribution in [1.82, 2.24) is 10.3 Å². The van der Waals surface area contributed by atoms with Gasteiger partial charge in [-0.25, -0.2) is 9.78 Å². The summed E-state index contributed by atoms with van der Waals surface area (Å²) in [5.74, 6) is 1.22. The Bertz CT molecular complexity index is 970. The van der Waals surface area contributed by atoms with Gasteiger partial charge in [0.05, 0.1) is 18.9 Å². The van der Waals surface area contributed by atoms with Crippen LogP contribution in [0.2, 0.25) is 0 Å². The highest BCUT2D eigenvalue weighted by Crippen LogP contribution is 2.33. The zero-order valence-corrected chi connectivity index (χ0v) is 16.0. The summed E-state index contributed by atoms with van der Waals surface area (Å²) in [6.07, 6.45) is 1.98. The molecule has 8 nitrogen and oxygen atoms in total. The number of hydrogen-bond donors (Lipinski definition) is 4. The van der Waals surface area contributed by atoms with E-state index in [2.05, 4.69) is 15.6 Å². The van der Waals surface area contributed by atoms with Crippen LogP contribution in [0, 0.1) is 0 Å². The summed E-state index contributed by atoms with van der Waals surface area (Å²) in [5.41, 5.74) is 3.39. The Balaban J connectivity index is 1.77. The molecule has 3 rings (SSSR count). The van der Waals surface area contributed by atoms with Crippen molar-refractivity contribution in [3.8, 4) is 17.1 Å². The predicted molar refractivity (Wildman–Crippen MR) is 108 cm³/mol. The van der Waals surface area contributed by atoms with E-state index in [4.69, 9.17) is 19.4 Å². The Hall–Kier alpha value is -3.52. The number of carboxylic acid groups (broad SMARTS) is 1. The third-order valence-corrected chi connectivity index (χ3v) is 4.28. The number of aliphatic hydroxyl groups is 1. The number of hydrogen-bond acceptors (Lipinski definition) is 6. The van der Waals surface area contributed by atoms with Gasteiger partial charge in [0.25, 0.3) is 6.01 Å². The molecule has 2 aromatic carbocycles. The van der Waals surface area contributed by atoms with E-state index in [-0.39, 0.29) is 13.2 Å². The van der Waals surface area contributed by atoms with Crippen LogP contribution in [0.5, 0.6) is 5.75 Å². The maximum atomic E-state index is 10.6. The molecule has 0 unspecified atom stereocenters. The second-order valence-electron chi connectivity index (χ2n) is 6.38. The third kappa shape index (κ3) is 5.49. The first-order chi connectivity index (χ1) is 14.1. The van der Waals surface area contributed by atoms with Crippen molar-refractivity contribution in [2.24, 2.45) is 0 Å². The number of amides is 1. The van der Waals surface area contributed by atoms with Crippen molar-refractivity contribution < 1.29 is 24.2 Å². The number of nitrogens with one attached hydrogen (secondary N) is 2. The van der Waals surface area contributed by atoms with E-state index in [0.717, 1.165) is 28.8 Å². The van der Waals surface area contributed by atoms with Gasteiger partial charge in [0.2, 0.25) is 0 Å². The molecule has 0 aliphatic heterocycles. The van der Waals surface area contributed by atoms with Gasteiger partial charge in [-0.1, -0.05) is 18.2 Å². The molecular weight excluding hydrogens is 374 g/mol. The smallest absolute Gasteiger partial charge is 0.404 e. The molecule has 29 heavy (non-hydrogen) atoms. The average molecular weight is 397 g/mol. The first kappa shape index (κ1) is 20.2. The van der Waals surface area contributed by atoms with Crippen molar-refractivity contribution >= 4 is 17.8 Å². The topological polar surface area (TPSA) is 117 Å². The standard InChI is InChI=1S/C21H23N3O5/c1-28-18-8-7-14(5-3-9-25)11-17(18)19-13-22-20(29-19)24-16-6-2-4-15(10-16)12-23-21(26)27/h2,4,6-8,10-11,13,23,25H,3,5,9,12H2,1H3,(H,22,24)(H,26,27). The normalized spacial score (nSPS) is 10.6. The van der Waals surface area contributed by atoms with Gasteiger partial charge in [-0.05, 0) is 48.2 Å². The van der Waals surface area contributed by atoms with Crippen LogP contribution in [-0.2, 0) is 13.0 Å². The van der Waals surface area contributed by atoms with E-state index in [9.17, 15) is 4.79 Å². The Morgan fingerprint density at radius 3 is 2.83 bits per heavy atom. The van der Waals surface area contributed by atoms with Gasteiger partial charge in [0.1, 0.15) is 5.75 Å². The van der Waals surface area contributed by atoms with Gasteiger partial charge in [-0.15, -0.1) is 0 Å². The van der Waals surface area contributed by atoms with E-state index >= 15 is 0 Å². The molecule has 0 atom stereocenters. The van der Waals surface area contributed by atoms with Crippen molar-refractivity contribution in [3.05, 3.63) is 59.8 Å². The summed E-state index contributed by atoms with van der Waals surface area (Å²) in [6, 6.07) is 13.4. The number of aromatic nitrogens is 1. The van der Waals surface area contributed by atoms with Crippen molar-refractivity contribution in [1.29, 1.82) is 0 Å². The largest absolute Gasteiger partial charge is 0.496 e. The second-order valence-corrected chi connectivity index (χ2v) is 6.38. The average Bonchev–Trinajstić information content (AvgIpc) is 3.19. The maximum Gasteiger partial charge on any atom is 0.404 e. The van der Waals surface area contributed by atoms with Crippen molar-refractivity contribution in [3.63, 3.8) is 0 Å². The van der Waals surface area contributed by atoms with Crippen LogP contribution >= 0.6 is 0 Å². The lowest BCUT2D eigenvalue weighted by atomic mass is 10.0. The molecule has 0 saturated heterocycles. The molecule has 0 aliphatic rings. The molecule has 0 saturated carbocycles. The minimum atomic E-state index is -1.07. The summed E-state index contributed by atoms with van der Waals surface area (Å²) in [7, 11) is 1.60. The van der Waals surface area contributed by atoms with Gasteiger partial charge < -0.3 is 30.0 Å². The zero-order valence-electron chi connectivity index (χ0n) is 16.0. The highest BCUT2D eigenvalue weighted by atomic mass is 16.5. The molecule has 0 radical (unpaired) electrons. The lowest BCUT2D eigenvalue weighted by Crippen LogP contribution is -2.19. The van der Waals surface area contributed by atoms with Crippen molar-refractivity contribution in [2.45, 2.75) is 19.4 Å². The molecule has 1 heterocycles. The van der Waals surface area contributed by atoms with E-state index in [1.165, 1.54) is 0 Å². The van der Waals surface area contributed by atoms with E-state index in [1.807, 2.05) is 42.5 Å². The minimum Gasteiger partial charge on any atom is -0.496 e. The number of anilines is 2. The maximum absolute atomic E-state index is 10.6. The van der Waals surface area contributed by atoms with Crippen LogP contribution in [0.15, 0.2) is 53.1 Å². The monoisotopic (exact) mass is 397 g/mol. The Kier molecular flexibility index (Phi) is 6.70. The van der Waals surface area contributed by atoms with Gasteiger partial charge in [0.15, 0.2) is 5.76 Å². The number of rotatable bonds is 9. The van der Waals surface area contributed by atoms with Crippen LogP contribution in [0.3, 0.4) is 0 Å². The predicted octanol–water partition coefficient (Wildman–Crippen LogP) is 3.79. The summed E-state index contributed by atoms with van der Waals surface area (Å²) in [6.45, 7) is 0.346. The summed E-state index contributed by atoms with van der Waals surface area (Å²) in [5, 5.41) is 23.2. The Morgan fingerprint density at radius 1 is 1.21 bits per heavy atom. The van der Waals surface area contributed by atoms with Gasteiger partial charge >= 0.3 is 6.09 Å². The number of benzene rings is 2. The highest BCUT2D eigenvalue weighted by molar-refractivity contribution is 5.68. The summed E-state index contributed by atoms with van der Waals surface area (Å²) < 4.78 is 11.3. The van der Waals surface area contributed by atoms with Gasteiger partial charge in [-0.3, -0.25) is 0 Å². The van der Waals surface area contributed by atoms with Gasteiger partial charge in [-0.2, -0.15) is 0 Å². The van der Waals surface area contributed by atoms with Crippen molar-refractivity contribution in [2.75, 3.05) is 19.0 Å². The molecule has 0 aliphatic carbocycles. The first-order valence-electron chi connectivity index (χ1n) is 9.16. The number of ether oxygens (including phenoxy) is 1. The second kappa shape index (κ2) is 9.61. The molecule has 3 aromatic rings. The molecular formula is C21H23N3O5. The number of nitrogens with zero attached hydrogens (tertiary/aromatic N) is 1. The van der Waals surface area contributed by atoms with Crippen LogP contribution in [0.1, 0.15) is 17.5 Å². The lowest BCUT2D eigenvalue weighted by molar-refractivity contribution is 0.194. The minimum absolute atomic E-state index is 0.138. The number of oxazole rings is 1. The van der Waals surface area contributed by atoms with E-state index in [1.54, 1.807) is 13.3 Å². The molecule has 0 fully saturated rings. The van der Waals surface area contributed by atoms with Crippen LogP contribution in [-0.4, -0.2) is 35.0 Å². The third-order valence-electron chi connectivity index (χ3n) is 4.28. The van der Waals surface area contributed by atoms with E-state index < -0.39 is 6.09 Å². The zero-order chi connectivity index (χ0) is 20.6. The Labute approximate surface area is 168 Å². The molecule has 4 N–H and O–H groups in total. The molecule has 0 bridgehead atoms. The fraction of sp³-hybridized carbons (Fsp3) is 0.238. The molecule has 0 spiro atoms.